The predicted molar refractivity (Wildman–Crippen MR) is 82.8 cm³/mol. The number of carbonyl (C=O) groups is 1. The normalized spacial score (nSPS) is 14.3. The smallest absolute Gasteiger partial charge is 0.287 e. The Morgan fingerprint density at radius 3 is 2.86 bits per heavy atom. The van der Waals surface area contributed by atoms with Crippen LogP contribution < -0.4 is 16.2 Å². The summed E-state index contributed by atoms with van der Waals surface area (Å²) in [6.07, 6.45) is 4.89. The van der Waals surface area contributed by atoms with E-state index >= 15 is 0 Å². The second-order valence-electron chi connectivity index (χ2n) is 5.59. The quantitative estimate of drug-likeness (QED) is 0.755. The summed E-state index contributed by atoms with van der Waals surface area (Å²) in [4.78, 5) is 23.5. The molecule has 0 unspecified atom stereocenters. The molecule has 0 saturated heterocycles. The van der Waals surface area contributed by atoms with Gasteiger partial charge in [-0.15, -0.1) is 0 Å². The van der Waals surface area contributed by atoms with Crippen LogP contribution >= 0.6 is 11.6 Å². The Hall–Kier alpha value is -1.56. The summed E-state index contributed by atoms with van der Waals surface area (Å²) < 4.78 is 1.34. The number of nitrogens with one attached hydrogen (secondary N) is 2. The molecule has 6 nitrogen and oxygen atoms in total. The van der Waals surface area contributed by atoms with Gasteiger partial charge in [0, 0.05) is 19.0 Å². The van der Waals surface area contributed by atoms with E-state index in [2.05, 4.69) is 15.7 Å². The Kier molecular flexibility index (Phi) is 5.22. The fraction of sp³-hybridized carbons (Fsp3) is 0.643. The lowest BCUT2D eigenvalue weighted by Gasteiger charge is -2.12. The maximum absolute atomic E-state index is 12.0. The second kappa shape index (κ2) is 6.93. The molecule has 1 fully saturated rings. The Bertz CT molecular complexity index is 567. The van der Waals surface area contributed by atoms with E-state index < -0.39 is 0 Å². The summed E-state index contributed by atoms with van der Waals surface area (Å²) in [6.45, 7) is 4.32. The van der Waals surface area contributed by atoms with Crippen LogP contribution in [0, 0.1) is 0 Å². The van der Waals surface area contributed by atoms with Gasteiger partial charge < -0.3 is 10.6 Å². The molecule has 2 N–H and O–H groups in total. The number of rotatable bonds is 7. The van der Waals surface area contributed by atoms with Gasteiger partial charge in [-0.2, -0.15) is 5.10 Å². The zero-order valence-electron chi connectivity index (χ0n) is 12.4. The minimum absolute atomic E-state index is 0.0323. The molecule has 0 aromatic carbocycles. The van der Waals surface area contributed by atoms with Crippen LogP contribution in [0.5, 0.6) is 0 Å². The summed E-state index contributed by atoms with van der Waals surface area (Å²) in [6, 6.07) is 0.364. The number of amides is 1. The number of hydrogen-bond donors (Lipinski definition) is 2. The minimum Gasteiger partial charge on any atom is -0.382 e. The van der Waals surface area contributed by atoms with Gasteiger partial charge in [-0.1, -0.05) is 11.6 Å². The summed E-state index contributed by atoms with van der Waals surface area (Å²) >= 11 is 6.05. The molecular formula is C14H21ClN4O2. The molecule has 1 aliphatic carbocycles. The van der Waals surface area contributed by atoms with Crippen molar-refractivity contribution in [3.05, 3.63) is 21.6 Å². The van der Waals surface area contributed by atoms with Gasteiger partial charge in [-0.25, -0.2) is 4.68 Å². The number of halogens is 1. The highest BCUT2D eigenvalue weighted by atomic mass is 35.5. The molecule has 0 spiro atoms. The first-order valence-electron chi connectivity index (χ1n) is 7.29. The van der Waals surface area contributed by atoms with Gasteiger partial charge in [0.2, 0.25) is 5.91 Å². The largest absolute Gasteiger partial charge is 0.382 e. The van der Waals surface area contributed by atoms with E-state index in [1.807, 2.05) is 13.8 Å². The fourth-order valence-corrected chi connectivity index (χ4v) is 2.14. The summed E-state index contributed by atoms with van der Waals surface area (Å²) in [7, 11) is 0. The third-order valence-electron chi connectivity index (χ3n) is 3.27. The van der Waals surface area contributed by atoms with E-state index in [9.17, 15) is 9.59 Å². The van der Waals surface area contributed by atoms with Gasteiger partial charge in [0.05, 0.1) is 17.9 Å². The molecule has 1 saturated carbocycles. The third-order valence-corrected chi connectivity index (χ3v) is 3.64. The number of hydrogen-bond acceptors (Lipinski definition) is 4. The van der Waals surface area contributed by atoms with Crippen molar-refractivity contribution in [3.8, 4) is 0 Å². The Morgan fingerprint density at radius 2 is 2.24 bits per heavy atom. The van der Waals surface area contributed by atoms with Crippen molar-refractivity contribution < 1.29 is 4.79 Å². The van der Waals surface area contributed by atoms with E-state index in [0.29, 0.717) is 31.1 Å². The predicted octanol–water partition coefficient (Wildman–Crippen LogP) is 1.95. The molecule has 1 aromatic heterocycles. The maximum atomic E-state index is 12.0. The highest BCUT2D eigenvalue weighted by molar-refractivity contribution is 6.32. The van der Waals surface area contributed by atoms with Crippen LogP contribution in [0.15, 0.2) is 11.0 Å². The summed E-state index contributed by atoms with van der Waals surface area (Å²) in [5, 5.41) is 10.2. The maximum Gasteiger partial charge on any atom is 0.287 e. The molecular weight excluding hydrogens is 292 g/mol. The van der Waals surface area contributed by atoms with Crippen LogP contribution in [-0.4, -0.2) is 28.3 Å². The first kappa shape index (κ1) is 15.8. The number of nitrogens with zero attached hydrogens (tertiary/aromatic N) is 2. The van der Waals surface area contributed by atoms with Crippen molar-refractivity contribution in [2.24, 2.45) is 0 Å². The lowest BCUT2D eigenvalue weighted by Crippen LogP contribution is -2.26. The summed E-state index contributed by atoms with van der Waals surface area (Å²) in [5.41, 5.74) is 0.212. The van der Waals surface area contributed by atoms with Crippen molar-refractivity contribution in [2.75, 3.05) is 11.9 Å². The van der Waals surface area contributed by atoms with Crippen molar-refractivity contribution >= 4 is 23.2 Å². The third kappa shape index (κ3) is 4.46. The molecule has 0 aliphatic heterocycles. The average Bonchev–Trinajstić information content (AvgIpc) is 3.22. The molecule has 1 amide bonds. The SMILES string of the molecule is CC(C)n1ncc(NCCCC(=O)NC2CC2)c(Cl)c1=O. The van der Waals surface area contributed by atoms with Crippen LogP contribution in [0.3, 0.4) is 0 Å². The molecule has 0 bridgehead atoms. The van der Waals surface area contributed by atoms with Crippen molar-refractivity contribution in [3.63, 3.8) is 0 Å². The lowest BCUT2D eigenvalue weighted by atomic mass is 10.3. The molecule has 21 heavy (non-hydrogen) atoms. The lowest BCUT2D eigenvalue weighted by molar-refractivity contribution is -0.121. The van der Waals surface area contributed by atoms with Crippen LogP contribution in [0.4, 0.5) is 5.69 Å². The number of carbonyl (C=O) groups excluding carboxylic acids is 1. The monoisotopic (exact) mass is 312 g/mol. The first-order valence-corrected chi connectivity index (χ1v) is 7.67. The second-order valence-corrected chi connectivity index (χ2v) is 5.97. The topological polar surface area (TPSA) is 76.0 Å². The van der Waals surface area contributed by atoms with Gasteiger partial charge >= 0.3 is 0 Å². The van der Waals surface area contributed by atoms with Crippen LogP contribution in [-0.2, 0) is 4.79 Å². The molecule has 1 aliphatic rings. The first-order chi connectivity index (χ1) is 9.99. The molecule has 1 heterocycles. The number of anilines is 1. The summed E-state index contributed by atoms with van der Waals surface area (Å²) in [5.74, 6) is 0.0822. The molecule has 7 heteroatoms. The zero-order valence-corrected chi connectivity index (χ0v) is 13.1. The van der Waals surface area contributed by atoms with Gasteiger partial charge in [0.25, 0.3) is 5.56 Å². The van der Waals surface area contributed by atoms with E-state index in [-0.39, 0.29) is 22.5 Å². The molecule has 0 radical (unpaired) electrons. The van der Waals surface area contributed by atoms with Crippen molar-refractivity contribution in [1.82, 2.24) is 15.1 Å². The highest BCUT2D eigenvalue weighted by Crippen LogP contribution is 2.19. The highest BCUT2D eigenvalue weighted by Gasteiger charge is 2.22. The zero-order chi connectivity index (χ0) is 15.4. The van der Waals surface area contributed by atoms with Crippen LogP contribution in [0.1, 0.15) is 45.6 Å². The molecule has 0 atom stereocenters. The minimum atomic E-state index is -0.303. The van der Waals surface area contributed by atoms with Gasteiger partial charge in [0.1, 0.15) is 5.02 Å². The molecule has 2 rings (SSSR count). The Labute approximate surface area is 128 Å². The van der Waals surface area contributed by atoms with Crippen molar-refractivity contribution in [2.45, 2.75) is 51.6 Å². The van der Waals surface area contributed by atoms with Gasteiger partial charge in [-0.05, 0) is 33.1 Å². The van der Waals surface area contributed by atoms with Crippen LogP contribution in [0.25, 0.3) is 0 Å². The van der Waals surface area contributed by atoms with E-state index in [0.717, 1.165) is 12.8 Å². The standard InChI is InChI=1S/C14H21ClN4O2/c1-9(2)19-14(21)13(15)11(8-17-19)16-7-3-4-12(20)18-10-5-6-10/h8-10,16H,3-7H2,1-2H3,(H,18,20). The van der Waals surface area contributed by atoms with Crippen LogP contribution in [0.2, 0.25) is 5.02 Å². The van der Waals surface area contributed by atoms with Crippen molar-refractivity contribution in [1.29, 1.82) is 0 Å². The fourth-order valence-electron chi connectivity index (χ4n) is 1.94. The van der Waals surface area contributed by atoms with E-state index in [1.54, 1.807) is 6.20 Å². The Morgan fingerprint density at radius 1 is 1.52 bits per heavy atom. The van der Waals surface area contributed by atoms with Gasteiger partial charge in [0.15, 0.2) is 0 Å². The van der Waals surface area contributed by atoms with Gasteiger partial charge in [-0.3, -0.25) is 9.59 Å². The molecule has 116 valence electrons. The average molecular weight is 313 g/mol. The molecule has 1 aromatic rings. The van der Waals surface area contributed by atoms with E-state index in [1.165, 1.54) is 4.68 Å². The Balaban J connectivity index is 1.81. The number of aromatic nitrogens is 2. The van der Waals surface area contributed by atoms with E-state index in [4.69, 9.17) is 11.6 Å².